The van der Waals surface area contributed by atoms with Crippen LogP contribution in [-0.4, -0.2) is 40.5 Å². The molecule has 0 spiro atoms. The first-order chi connectivity index (χ1) is 10.3. The molecule has 7 nitrogen and oxygen atoms in total. The maximum absolute atomic E-state index is 6.01. The third kappa shape index (κ3) is 3.30. The normalized spacial score (nSPS) is 14.3. The fourth-order valence-corrected chi connectivity index (χ4v) is 2.09. The number of hydrogen-bond donors (Lipinski definition) is 1. The van der Waals surface area contributed by atoms with Gasteiger partial charge in [-0.3, -0.25) is 0 Å². The smallest absolute Gasteiger partial charge is 0.184 e. The number of aromatic nitrogens is 4. The van der Waals surface area contributed by atoms with Crippen LogP contribution >= 0.6 is 0 Å². The highest BCUT2D eigenvalue weighted by atomic mass is 16.5. The van der Waals surface area contributed by atoms with Crippen molar-refractivity contribution in [1.82, 2.24) is 20.2 Å². The Morgan fingerprint density at radius 2 is 2.24 bits per heavy atom. The average Bonchev–Trinajstić information content (AvgIpc) is 3.21. The molecule has 0 bridgehead atoms. The minimum atomic E-state index is 0.596. The van der Waals surface area contributed by atoms with E-state index in [9.17, 15) is 0 Å². The van der Waals surface area contributed by atoms with E-state index in [1.807, 2.05) is 12.1 Å². The van der Waals surface area contributed by atoms with Gasteiger partial charge in [0.15, 0.2) is 5.82 Å². The number of nitrogens with two attached hydrogens (primary N) is 1. The number of hydrogen-bond acceptors (Lipinski definition) is 6. The van der Waals surface area contributed by atoms with Crippen molar-refractivity contribution < 1.29 is 9.47 Å². The molecule has 112 valence electrons. The Labute approximate surface area is 123 Å². The zero-order chi connectivity index (χ0) is 14.7. The van der Waals surface area contributed by atoms with Gasteiger partial charge in [0.25, 0.3) is 0 Å². The van der Waals surface area contributed by atoms with Crippen molar-refractivity contribution in [2.75, 3.05) is 26.1 Å². The van der Waals surface area contributed by atoms with E-state index < -0.39 is 0 Å². The summed E-state index contributed by atoms with van der Waals surface area (Å²) in [6.45, 7) is 2.03. The van der Waals surface area contributed by atoms with Gasteiger partial charge in [0.1, 0.15) is 5.75 Å². The first-order valence-corrected chi connectivity index (χ1v) is 7.05. The lowest BCUT2D eigenvalue weighted by molar-refractivity contribution is 0.114. The molecule has 0 aliphatic heterocycles. The zero-order valence-corrected chi connectivity index (χ0v) is 12.0. The van der Waals surface area contributed by atoms with E-state index in [2.05, 4.69) is 15.5 Å². The molecule has 7 heteroatoms. The molecule has 1 fully saturated rings. The van der Waals surface area contributed by atoms with Crippen LogP contribution in [0.15, 0.2) is 18.2 Å². The van der Waals surface area contributed by atoms with Gasteiger partial charge in [-0.2, -0.15) is 0 Å². The lowest BCUT2D eigenvalue weighted by Gasteiger charge is -2.09. The van der Waals surface area contributed by atoms with Crippen molar-refractivity contribution in [2.45, 2.75) is 19.4 Å². The van der Waals surface area contributed by atoms with Crippen LogP contribution in [0.25, 0.3) is 11.4 Å². The fraction of sp³-hybridized carbons (Fsp3) is 0.500. The van der Waals surface area contributed by atoms with Crippen molar-refractivity contribution in [1.29, 1.82) is 0 Å². The highest BCUT2D eigenvalue weighted by Crippen LogP contribution is 2.29. The molecule has 0 unspecified atom stereocenters. The molecule has 21 heavy (non-hydrogen) atoms. The third-order valence-corrected chi connectivity index (χ3v) is 3.53. The van der Waals surface area contributed by atoms with Gasteiger partial charge in [-0.05, 0) is 47.4 Å². The second-order valence-corrected chi connectivity index (χ2v) is 5.20. The van der Waals surface area contributed by atoms with Gasteiger partial charge in [-0.1, -0.05) is 0 Å². The fourth-order valence-electron chi connectivity index (χ4n) is 2.09. The molecule has 1 heterocycles. The van der Waals surface area contributed by atoms with Crippen LogP contribution in [0.5, 0.6) is 5.75 Å². The molecule has 1 aromatic carbocycles. The maximum Gasteiger partial charge on any atom is 0.184 e. The van der Waals surface area contributed by atoms with Gasteiger partial charge < -0.3 is 15.2 Å². The number of anilines is 1. The van der Waals surface area contributed by atoms with Crippen LogP contribution in [0.2, 0.25) is 0 Å². The second-order valence-electron chi connectivity index (χ2n) is 5.20. The third-order valence-electron chi connectivity index (χ3n) is 3.53. The molecular formula is C14H19N5O2. The van der Waals surface area contributed by atoms with Crippen LogP contribution in [0.4, 0.5) is 5.69 Å². The van der Waals surface area contributed by atoms with Gasteiger partial charge in [-0.25, -0.2) is 4.68 Å². The Morgan fingerprint density at radius 3 is 3.00 bits per heavy atom. The summed E-state index contributed by atoms with van der Waals surface area (Å²) in [4.78, 5) is 0. The van der Waals surface area contributed by atoms with E-state index in [0.717, 1.165) is 23.8 Å². The summed E-state index contributed by atoms with van der Waals surface area (Å²) in [5, 5.41) is 11.8. The minimum absolute atomic E-state index is 0.596. The molecule has 1 aliphatic carbocycles. The second kappa shape index (κ2) is 6.09. The number of tetrazole rings is 1. The Balaban J connectivity index is 1.71. The highest BCUT2D eigenvalue weighted by molar-refractivity contribution is 5.72. The lowest BCUT2D eigenvalue weighted by Crippen LogP contribution is -2.11. The molecule has 2 N–H and O–H groups in total. The summed E-state index contributed by atoms with van der Waals surface area (Å²) in [6.07, 6.45) is 2.58. The van der Waals surface area contributed by atoms with E-state index in [1.54, 1.807) is 17.9 Å². The highest BCUT2D eigenvalue weighted by Gasteiger charge is 2.21. The minimum Gasteiger partial charge on any atom is -0.497 e. The van der Waals surface area contributed by atoms with Gasteiger partial charge in [0.2, 0.25) is 0 Å². The summed E-state index contributed by atoms with van der Waals surface area (Å²) in [5.74, 6) is 2.10. The van der Waals surface area contributed by atoms with Crippen molar-refractivity contribution in [3.63, 3.8) is 0 Å². The Bertz CT molecular complexity index is 609. The van der Waals surface area contributed by atoms with E-state index in [-0.39, 0.29) is 0 Å². The van der Waals surface area contributed by atoms with E-state index in [0.29, 0.717) is 24.7 Å². The monoisotopic (exact) mass is 289 g/mol. The van der Waals surface area contributed by atoms with Crippen molar-refractivity contribution >= 4 is 5.69 Å². The first kappa shape index (κ1) is 13.8. The molecular weight excluding hydrogens is 270 g/mol. The molecule has 3 rings (SSSR count). The van der Waals surface area contributed by atoms with E-state index >= 15 is 0 Å². The Hall–Kier alpha value is -2.15. The first-order valence-electron chi connectivity index (χ1n) is 7.05. The van der Waals surface area contributed by atoms with Gasteiger partial charge in [0.05, 0.1) is 20.3 Å². The average molecular weight is 289 g/mol. The SMILES string of the molecule is COc1ccc(N)c(-c2nnnn2CCOCC2CC2)c1. The summed E-state index contributed by atoms with van der Waals surface area (Å²) in [7, 11) is 1.62. The van der Waals surface area contributed by atoms with Crippen LogP contribution in [0, 0.1) is 5.92 Å². The van der Waals surface area contributed by atoms with Gasteiger partial charge >= 0.3 is 0 Å². The molecule has 0 amide bonds. The number of rotatable bonds is 7. The molecule has 1 aromatic heterocycles. The largest absolute Gasteiger partial charge is 0.497 e. The molecule has 0 atom stereocenters. The number of ether oxygens (including phenoxy) is 2. The topological polar surface area (TPSA) is 88.1 Å². The summed E-state index contributed by atoms with van der Waals surface area (Å²) >= 11 is 0. The summed E-state index contributed by atoms with van der Waals surface area (Å²) in [5.41, 5.74) is 7.39. The van der Waals surface area contributed by atoms with Crippen molar-refractivity contribution in [2.24, 2.45) is 5.92 Å². The Kier molecular flexibility index (Phi) is 4.01. The predicted octanol–water partition coefficient (Wildman–Crippen LogP) is 1.36. The number of benzene rings is 1. The molecule has 0 radical (unpaired) electrons. The lowest BCUT2D eigenvalue weighted by atomic mass is 10.1. The van der Waals surface area contributed by atoms with Gasteiger partial charge in [-0.15, -0.1) is 5.10 Å². The number of nitrogen functional groups attached to an aromatic ring is 1. The van der Waals surface area contributed by atoms with Crippen molar-refractivity contribution in [3.05, 3.63) is 18.2 Å². The Morgan fingerprint density at radius 1 is 1.38 bits per heavy atom. The van der Waals surface area contributed by atoms with Crippen molar-refractivity contribution in [3.8, 4) is 17.1 Å². The molecule has 0 saturated heterocycles. The van der Waals surface area contributed by atoms with Crippen LogP contribution in [0.3, 0.4) is 0 Å². The number of methoxy groups -OCH3 is 1. The quantitative estimate of drug-likeness (QED) is 0.611. The van der Waals surface area contributed by atoms with E-state index in [4.69, 9.17) is 15.2 Å². The predicted molar refractivity (Wildman–Crippen MR) is 77.8 cm³/mol. The zero-order valence-electron chi connectivity index (χ0n) is 12.0. The van der Waals surface area contributed by atoms with Crippen LogP contribution in [0.1, 0.15) is 12.8 Å². The molecule has 2 aromatic rings. The van der Waals surface area contributed by atoms with Gasteiger partial charge in [0, 0.05) is 17.9 Å². The maximum atomic E-state index is 6.01. The standard InChI is InChI=1S/C14H19N5O2/c1-20-11-4-5-13(15)12(8-11)14-16-17-18-19(14)6-7-21-9-10-2-3-10/h4-5,8,10H,2-3,6-7,9,15H2,1H3. The summed E-state index contributed by atoms with van der Waals surface area (Å²) in [6, 6.07) is 5.44. The molecule has 1 aliphatic rings. The summed E-state index contributed by atoms with van der Waals surface area (Å²) < 4.78 is 12.6. The molecule has 1 saturated carbocycles. The van der Waals surface area contributed by atoms with Crippen LogP contribution in [-0.2, 0) is 11.3 Å². The van der Waals surface area contributed by atoms with Crippen LogP contribution < -0.4 is 10.5 Å². The number of nitrogens with zero attached hydrogens (tertiary/aromatic N) is 4. The van der Waals surface area contributed by atoms with E-state index in [1.165, 1.54) is 12.8 Å².